The van der Waals surface area contributed by atoms with Crippen molar-refractivity contribution in [3.63, 3.8) is 0 Å². The molecule has 1 fully saturated rings. The Balaban J connectivity index is 1.73. The molecule has 12 nitrogen and oxygen atoms in total. The number of carbonyl (C=O) groups is 1. The van der Waals surface area contributed by atoms with Crippen molar-refractivity contribution in [3.8, 4) is 6.07 Å². The van der Waals surface area contributed by atoms with Gasteiger partial charge >= 0.3 is 5.97 Å². The van der Waals surface area contributed by atoms with E-state index in [1.165, 1.54) is 23.1 Å². The molecule has 36 heavy (non-hydrogen) atoms. The van der Waals surface area contributed by atoms with Crippen LogP contribution >= 0.6 is 15.9 Å². The van der Waals surface area contributed by atoms with E-state index in [-0.39, 0.29) is 24.8 Å². The molecule has 1 aromatic carbocycles. The number of morpholine rings is 1. The number of rotatable bonds is 8. The molecule has 0 amide bonds. The number of aromatic nitrogens is 3. The smallest absolute Gasteiger partial charge is 0.306 e. The minimum atomic E-state index is -0.938. The van der Waals surface area contributed by atoms with E-state index in [9.17, 15) is 9.18 Å². The fourth-order valence-corrected chi connectivity index (χ4v) is 4.41. The zero-order chi connectivity index (χ0) is 25.7. The first-order chi connectivity index (χ1) is 17.4. The highest BCUT2D eigenvalue weighted by Gasteiger charge is 2.33. The van der Waals surface area contributed by atoms with E-state index in [4.69, 9.17) is 29.9 Å². The Labute approximate surface area is 214 Å². The molecule has 4 rings (SSSR count). The summed E-state index contributed by atoms with van der Waals surface area (Å²) < 4.78 is 21.2. The number of hydrogen-bond donors (Lipinski definition) is 2. The highest BCUT2D eigenvalue weighted by Crippen LogP contribution is 2.36. The number of nitriles is 1. The maximum absolute atomic E-state index is 13.9. The van der Waals surface area contributed by atoms with Gasteiger partial charge in [0.2, 0.25) is 5.96 Å². The molecule has 190 valence electrons. The molecule has 3 heterocycles. The zero-order valence-corrected chi connectivity index (χ0v) is 20.8. The van der Waals surface area contributed by atoms with Crippen LogP contribution in [-0.2, 0) is 19.3 Å². The maximum atomic E-state index is 13.9. The third-order valence-corrected chi connectivity index (χ3v) is 6.09. The summed E-state index contributed by atoms with van der Waals surface area (Å²) in [5.41, 5.74) is 1.17. The van der Waals surface area contributed by atoms with Crippen molar-refractivity contribution in [2.24, 2.45) is 4.99 Å². The van der Waals surface area contributed by atoms with Gasteiger partial charge < -0.3 is 20.0 Å². The molecular weight excluding hydrogens is 541 g/mol. The SMILES string of the molecule is CCOOC1=C(CN2CCOC(CC(=O)O)C2)NC(n2cnc(C#N)n2)=NC1c1ccc(F)cc1Br. The molecule has 2 aliphatic heterocycles. The summed E-state index contributed by atoms with van der Waals surface area (Å²) in [6.45, 7) is 3.66. The number of hydrogen-bond acceptors (Lipinski definition) is 10. The molecule has 0 aliphatic carbocycles. The Hall–Kier alpha value is -3.38. The van der Waals surface area contributed by atoms with Gasteiger partial charge in [0, 0.05) is 24.1 Å². The fourth-order valence-electron chi connectivity index (χ4n) is 3.84. The van der Waals surface area contributed by atoms with Gasteiger partial charge in [0.1, 0.15) is 24.3 Å². The van der Waals surface area contributed by atoms with Crippen molar-refractivity contribution in [2.45, 2.75) is 25.5 Å². The van der Waals surface area contributed by atoms with Gasteiger partial charge in [-0.3, -0.25) is 9.69 Å². The van der Waals surface area contributed by atoms with Gasteiger partial charge in [0.25, 0.3) is 5.82 Å². The zero-order valence-electron chi connectivity index (χ0n) is 19.2. The van der Waals surface area contributed by atoms with E-state index >= 15 is 0 Å². The average Bonchev–Trinajstić information content (AvgIpc) is 3.32. The third-order valence-electron chi connectivity index (χ3n) is 5.40. The quantitative estimate of drug-likeness (QED) is 0.360. The topological polar surface area (TPSA) is 147 Å². The van der Waals surface area contributed by atoms with Gasteiger partial charge in [0.05, 0.1) is 31.4 Å². The highest BCUT2D eigenvalue weighted by atomic mass is 79.9. The van der Waals surface area contributed by atoms with Gasteiger partial charge in [-0.1, -0.05) is 22.0 Å². The van der Waals surface area contributed by atoms with Crippen molar-refractivity contribution >= 4 is 27.9 Å². The van der Waals surface area contributed by atoms with E-state index in [0.717, 1.165) is 0 Å². The van der Waals surface area contributed by atoms with Crippen LogP contribution in [0.4, 0.5) is 4.39 Å². The largest absolute Gasteiger partial charge is 0.481 e. The van der Waals surface area contributed by atoms with E-state index < -0.39 is 23.9 Å². The van der Waals surface area contributed by atoms with Crippen LogP contribution in [0, 0.1) is 17.1 Å². The summed E-state index contributed by atoms with van der Waals surface area (Å²) in [6.07, 6.45) is 0.782. The monoisotopic (exact) mass is 563 g/mol. The number of ether oxygens (including phenoxy) is 1. The number of halogens is 2. The molecular formula is C22H23BrFN7O5. The van der Waals surface area contributed by atoms with Crippen molar-refractivity contribution < 1.29 is 28.8 Å². The molecule has 0 saturated carbocycles. The first kappa shape index (κ1) is 25.7. The van der Waals surface area contributed by atoms with Gasteiger partial charge in [0.15, 0.2) is 5.76 Å². The summed E-state index contributed by atoms with van der Waals surface area (Å²) in [5.74, 6) is -0.792. The summed E-state index contributed by atoms with van der Waals surface area (Å²) in [7, 11) is 0. The molecule has 1 saturated heterocycles. The van der Waals surface area contributed by atoms with Gasteiger partial charge in [-0.25, -0.2) is 14.4 Å². The Morgan fingerprint density at radius 1 is 1.47 bits per heavy atom. The van der Waals surface area contributed by atoms with Crippen molar-refractivity contribution in [1.82, 2.24) is 25.0 Å². The van der Waals surface area contributed by atoms with Gasteiger partial charge in [-0.15, -0.1) is 5.10 Å². The summed E-state index contributed by atoms with van der Waals surface area (Å²) in [6, 6.07) is 5.34. The fraction of sp³-hybridized carbons (Fsp3) is 0.409. The first-order valence-electron chi connectivity index (χ1n) is 11.1. The average molecular weight is 564 g/mol. The number of aliphatic imine (C=N–C) groups is 1. The Kier molecular flexibility index (Phi) is 8.26. The second-order valence-corrected chi connectivity index (χ2v) is 8.78. The lowest BCUT2D eigenvalue weighted by atomic mass is 10.0. The van der Waals surface area contributed by atoms with Crippen molar-refractivity contribution in [2.75, 3.05) is 32.8 Å². The van der Waals surface area contributed by atoms with Crippen LogP contribution in [0.15, 0.2) is 45.4 Å². The second-order valence-electron chi connectivity index (χ2n) is 7.93. The molecule has 0 radical (unpaired) electrons. The van der Waals surface area contributed by atoms with Crippen molar-refractivity contribution in [3.05, 3.63) is 57.7 Å². The Morgan fingerprint density at radius 2 is 2.31 bits per heavy atom. The van der Waals surface area contributed by atoms with Gasteiger partial charge in [-0.05, 0) is 24.6 Å². The minimum Gasteiger partial charge on any atom is -0.481 e. The third kappa shape index (κ3) is 6.05. The standard InChI is InChI=1S/C22H23BrFN7O5/c1-2-35-36-21-17(11-30-5-6-34-14(10-30)8-19(32)33)27-22(31-12-26-18(9-25)29-31)28-20(21)15-4-3-13(24)7-16(15)23/h3-4,7,12,14,20H,2,5-6,8,10-11H2,1H3,(H,27,28)(H,32,33). The minimum absolute atomic E-state index is 0.0365. The van der Waals surface area contributed by atoms with Crippen LogP contribution in [0.25, 0.3) is 0 Å². The summed E-state index contributed by atoms with van der Waals surface area (Å²) >= 11 is 3.41. The molecule has 2 unspecified atom stereocenters. The summed E-state index contributed by atoms with van der Waals surface area (Å²) in [4.78, 5) is 32.8. The van der Waals surface area contributed by atoms with Crippen molar-refractivity contribution in [1.29, 1.82) is 5.26 Å². The summed E-state index contributed by atoms with van der Waals surface area (Å²) in [5, 5.41) is 25.6. The first-order valence-corrected chi connectivity index (χ1v) is 11.9. The number of carboxylic acids is 1. The molecule has 2 aromatic rings. The molecule has 0 spiro atoms. The molecule has 14 heteroatoms. The highest BCUT2D eigenvalue weighted by molar-refractivity contribution is 9.10. The van der Waals surface area contributed by atoms with E-state index in [1.807, 2.05) is 11.0 Å². The number of nitrogens with zero attached hydrogens (tertiary/aromatic N) is 6. The van der Waals surface area contributed by atoms with Gasteiger partial charge in [-0.2, -0.15) is 14.8 Å². The van der Waals surface area contributed by atoms with E-state index in [0.29, 0.717) is 47.7 Å². The predicted molar refractivity (Wildman–Crippen MR) is 126 cm³/mol. The van der Waals surface area contributed by atoms with E-state index in [1.54, 1.807) is 13.0 Å². The number of nitrogens with one attached hydrogen (secondary N) is 1. The van der Waals surface area contributed by atoms with Crippen LogP contribution in [0.1, 0.15) is 30.8 Å². The predicted octanol–water partition coefficient (Wildman–Crippen LogP) is 1.96. The lowest BCUT2D eigenvalue weighted by Crippen LogP contribution is -2.47. The number of carboxylic acid groups (broad SMARTS) is 1. The molecule has 2 atom stereocenters. The molecule has 1 aromatic heterocycles. The second kappa shape index (κ2) is 11.6. The lowest BCUT2D eigenvalue weighted by molar-refractivity contribution is -0.263. The van der Waals surface area contributed by atoms with Crippen LogP contribution in [0.3, 0.4) is 0 Å². The molecule has 2 N–H and O–H groups in total. The number of aliphatic carboxylic acids is 1. The lowest BCUT2D eigenvalue weighted by Gasteiger charge is -2.35. The van der Waals surface area contributed by atoms with E-state index in [2.05, 4.69) is 31.3 Å². The van der Waals surface area contributed by atoms with Crippen LogP contribution in [-0.4, -0.2) is 75.7 Å². The number of benzene rings is 1. The molecule has 0 bridgehead atoms. The molecule has 2 aliphatic rings. The Morgan fingerprint density at radius 3 is 3.00 bits per heavy atom. The normalized spacial score (nSPS) is 20.4. The van der Waals surface area contributed by atoms with Crippen LogP contribution < -0.4 is 5.32 Å². The van der Waals surface area contributed by atoms with Crippen LogP contribution in [0.5, 0.6) is 0 Å². The maximum Gasteiger partial charge on any atom is 0.306 e. The Bertz CT molecular complexity index is 1230. The van der Waals surface area contributed by atoms with Crippen LogP contribution in [0.2, 0.25) is 0 Å².